The largest absolute Gasteiger partial charge is 0.465 e. The number of amides is 1. The summed E-state index contributed by atoms with van der Waals surface area (Å²) in [6, 6.07) is 19.2. The zero-order chi connectivity index (χ0) is 24.2. The van der Waals surface area contributed by atoms with Gasteiger partial charge in [0.2, 0.25) is 0 Å². The molecule has 1 aliphatic carbocycles. The number of aliphatic hydroxyl groups is 2. The van der Waals surface area contributed by atoms with Crippen molar-refractivity contribution in [2.75, 3.05) is 20.3 Å². The van der Waals surface area contributed by atoms with Crippen LogP contribution in [-0.4, -0.2) is 48.6 Å². The molecule has 2 unspecified atom stereocenters. The Balaban J connectivity index is 1.34. The number of aliphatic hydroxyl groups excluding tert-OH is 2. The maximum atomic E-state index is 14.3. The van der Waals surface area contributed by atoms with Gasteiger partial charge in [-0.25, -0.2) is 14.0 Å². The summed E-state index contributed by atoms with van der Waals surface area (Å²) in [6.45, 7) is -0.266. The molecule has 0 heterocycles. The summed E-state index contributed by atoms with van der Waals surface area (Å²) in [7, 11) is 1.17. The Morgan fingerprint density at radius 3 is 2.21 bits per heavy atom. The van der Waals surface area contributed by atoms with Crippen molar-refractivity contribution in [2.24, 2.45) is 0 Å². The number of halogens is 1. The van der Waals surface area contributed by atoms with Crippen molar-refractivity contribution in [3.8, 4) is 11.1 Å². The monoisotopic (exact) mass is 465 g/mol. The summed E-state index contributed by atoms with van der Waals surface area (Å²) < 4.78 is 24.2. The Hall–Kier alpha value is -3.75. The van der Waals surface area contributed by atoms with Crippen LogP contribution in [0, 0.1) is 5.82 Å². The third-order valence-electron chi connectivity index (χ3n) is 5.90. The number of nitrogens with one attached hydrogen (secondary N) is 1. The van der Waals surface area contributed by atoms with Crippen molar-refractivity contribution in [1.82, 2.24) is 5.32 Å². The molecule has 0 spiro atoms. The van der Waals surface area contributed by atoms with Gasteiger partial charge in [-0.3, -0.25) is 0 Å². The van der Waals surface area contributed by atoms with Crippen LogP contribution < -0.4 is 5.32 Å². The summed E-state index contributed by atoms with van der Waals surface area (Å²) in [5.41, 5.74) is 4.10. The van der Waals surface area contributed by atoms with Crippen molar-refractivity contribution in [1.29, 1.82) is 0 Å². The highest BCUT2D eigenvalue weighted by Crippen LogP contribution is 2.44. The van der Waals surface area contributed by atoms with Crippen LogP contribution in [0.2, 0.25) is 0 Å². The summed E-state index contributed by atoms with van der Waals surface area (Å²) in [4.78, 5) is 23.7. The van der Waals surface area contributed by atoms with E-state index in [4.69, 9.17) is 4.74 Å². The molecule has 3 N–H and O–H groups in total. The molecule has 0 saturated carbocycles. The Morgan fingerprint density at radius 2 is 1.62 bits per heavy atom. The summed E-state index contributed by atoms with van der Waals surface area (Å²) in [6.07, 6.45) is -3.89. The van der Waals surface area contributed by atoms with E-state index < -0.39 is 30.1 Å². The molecular weight excluding hydrogens is 441 g/mol. The molecule has 0 aliphatic heterocycles. The van der Waals surface area contributed by atoms with E-state index in [0.29, 0.717) is 0 Å². The fraction of sp³-hybridized carbons (Fsp3) is 0.231. The normalized spacial score (nSPS) is 14.0. The quantitative estimate of drug-likeness (QED) is 0.461. The molecule has 7 nitrogen and oxygen atoms in total. The third kappa shape index (κ3) is 4.64. The Kier molecular flexibility index (Phi) is 6.90. The van der Waals surface area contributed by atoms with Crippen molar-refractivity contribution in [3.63, 3.8) is 0 Å². The maximum absolute atomic E-state index is 14.3. The highest BCUT2D eigenvalue weighted by atomic mass is 19.1. The number of fused-ring (bicyclic) bond motifs is 3. The lowest BCUT2D eigenvalue weighted by Gasteiger charge is -2.20. The molecule has 34 heavy (non-hydrogen) atoms. The summed E-state index contributed by atoms with van der Waals surface area (Å²) in [5.74, 6) is -1.72. The molecule has 0 fully saturated rings. The van der Waals surface area contributed by atoms with E-state index in [1.807, 2.05) is 48.5 Å². The van der Waals surface area contributed by atoms with Crippen molar-refractivity contribution < 1.29 is 33.7 Å². The number of carbonyl (C=O) groups excluding carboxylic acids is 2. The van der Waals surface area contributed by atoms with Crippen LogP contribution in [0.25, 0.3) is 11.1 Å². The molecule has 3 aromatic carbocycles. The smallest absolute Gasteiger partial charge is 0.407 e. The van der Waals surface area contributed by atoms with Crippen LogP contribution in [-0.2, 0) is 9.47 Å². The lowest BCUT2D eigenvalue weighted by molar-refractivity contribution is 0.0165. The predicted molar refractivity (Wildman–Crippen MR) is 122 cm³/mol. The minimum atomic E-state index is -1.62. The molecule has 3 aromatic rings. The van der Waals surface area contributed by atoms with E-state index in [1.165, 1.54) is 19.2 Å². The molecule has 0 radical (unpaired) electrons. The van der Waals surface area contributed by atoms with Gasteiger partial charge in [0.25, 0.3) is 0 Å². The van der Waals surface area contributed by atoms with Crippen LogP contribution in [0.3, 0.4) is 0 Å². The number of hydrogen-bond acceptors (Lipinski definition) is 6. The van der Waals surface area contributed by atoms with E-state index >= 15 is 0 Å². The number of methoxy groups -OCH3 is 1. The molecule has 8 heteroatoms. The topological polar surface area (TPSA) is 105 Å². The Labute approximate surface area is 195 Å². The van der Waals surface area contributed by atoms with Gasteiger partial charge in [-0.2, -0.15) is 0 Å². The van der Waals surface area contributed by atoms with Crippen LogP contribution >= 0.6 is 0 Å². The van der Waals surface area contributed by atoms with E-state index in [0.717, 1.165) is 28.3 Å². The van der Waals surface area contributed by atoms with Gasteiger partial charge >= 0.3 is 12.1 Å². The zero-order valence-electron chi connectivity index (χ0n) is 18.4. The molecule has 0 aromatic heterocycles. The first kappa shape index (κ1) is 23.4. The highest BCUT2D eigenvalue weighted by molar-refractivity contribution is 5.89. The molecule has 0 saturated heterocycles. The number of esters is 1. The van der Waals surface area contributed by atoms with Crippen molar-refractivity contribution in [3.05, 3.63) is 94.8 Å². The number of hydrogen-bond donors (Lipinski definition) is 3. The van der Waals surface area contributed by atoms with E-state index in [9.17, 15) is 24.2 Å². The van der Waals surface area contributed by atoms with Crippen LogP contribution in [0.15, 0.2) is 66.7 Å². The van der Waals surface area contributed by atoms with Crippen LogP contribution in [0.4, 0.5) is 9.18 Å². The molecule has 0 bridgehead atoms. The minimum Gasteiger partial charge on any atom is -0.465 e. The molecular formula is C26H24FNO6. The average molecular weight is 465 g/mol. The number of carbonyl (C=O) groups is 2. The number of benzene rings is 3. The third-order valence-corrected chi connectivity index (χ3v) is 5.90. The number of alkyl carbamates (subject to hydrolysis) is 1. The highest BCUT2D eigenvalue weighted by Gasteiger charge is 2.29. The summed E-state index contributed by atoms with van der Waals surface area (Å²) >= 11 is 0. The standard InChI is InChI=1S/C26H24FNO6/c1-33-25(31)15-10-11-20(22(27)12-15)24(30)23(29)13-28-26(32)34-14-21-18-8-4-2-6-16(18)17-7-3-5-9-19(17)21/h2-12,21,23-24,29-30H,13-14H2,1H3,(H,28,32). The molecule has 176 valence electrons. The SMILES string of the molecule is COC(=O)c1ccc(C(O)C(O)CNC(=O)OCC2c3ccccc3-c3ccccc32)c(F)c1. The molecule has 4 rings (SSSR count). The van der Waals surface area contributed by atoms with Gasteiger partial charge in [-0.15, -0.1) is 0 Å². The Bertz CT molecular complexity index is 1170. The fourth-order valence-electron chi connectivity index (χ4n) is 4.17. The predicted octanol–water partition coefficient (Wildman–Crippen LogP) is 3.55. The minimum absolute atomic E-state index is 0.0257. The van der Waals surface area contributed by atoms with E-state index in [2.05, 4.69) is 10.1 Å². The van der Waals surface area contributed by atoms with Crippen molar-refractivity contribution in [2.45, 2.75) is 18.1 Å². The summed E-state index contributed by atoms with van der Waals surface area (Å²) in [5, 5.41) is 22.9. The van der Waals surface area contributed by atoms with Crippen LogP contribution in [0.5, 0.6) is 0 Å². The first-order valence-electron chi connectivity index (χ1n) is 10.7. The number of ether oxygens (including phenoxy) is 2. The van der Waals surface area contributed by atoms with E-state index in [-0.39, 0.29) is 30.2 Å². The van der Waals surface area contributed by atoms with Crippen LogP contribution in [0.1, 0.15) is 39.1 Å². The lowest BCUT2D eigenvalue weighted by Crippen LogP contribution is -2.36. The Morgan fingerprint density at radius 1 is 1.00 bits per heavy atom. The molecule has 1 aliphatic rings. The second-order valence-electron chi connectivity index (χ2n) is 7.95. The maximum Gasteiger partial charge on any atom is 0.407 e. The second-order valence-corrected chi connectivity index (χ2v) is 7.95. The first-order chi connectivity index (χ1) is 16.4. The van der Waals surface area contributed by atoms with Gasteiger partial charge in [-0.1, -0.05) is 54.6 Å². The van der Waals surface area contributed by atoms with Gasteiger partial charge in [0.1, 0.15) is 24.6 Å². The zero-order valence-corrected chi connectivity index (χ0v) is 18.4. The lowest BCUT2D eigenvalue weighted by atomic mass is 9.98. The van der Waals surface area contributed by atoms with E-state index in [1.54, 1.807) is 0 Å². The van der Waals surface area contributed by atoms with Gasteiger partial charge in [0.15, 0.2) is 0 Å². The fourth-order valence-corrected chi connectivity index (χ4v) is 4.17. The van der Waals surface area contributed by atoms with Gasteiger partial charge < -0.3 is 25.0 Å². The average Bonchev–Trinajstić information content (AvgIpc) is 3.18. The number of rotatable bonds is 7. The van der Waals surface area contributed by atoms with Gasteiger partial charge in [-0.05, 0) is 34.4 Å². The molecule has 2 atom stereocenters. The second kappa shape index (κ2) is 10.0. The van der Waals surface area contributed by atoms with Gasteiger partial charge in [0.05, 0.1) is 12.7 Å². The molecule has 1 amide bonds. The first-order valence-corrected chi connectivity index (χ1v) is 10.7. The van der Waals surface area contributed by atoms with Crippen molar-refractivity contribution >= 4 is 12.1 Å². The van der Waals surface area contributed by atoms with Gasteiger partial charge in [0, 0.05) is 18.0 Å².